The molecule has 2 N–H and O–H groups in total. The summed E-state index contributed by atoms with van der Waals surface area (Å²) in [7, 11) is 2.03. The summed E-state index contributed by atoms with van der Waals surface area (Å²) in [6.45, 7) is 0. The van der Waals surface area contributed by atoms with Gasteiger partial charge in [0, 0.05) is 31.9 Å². The summed E-state index contributed by atoms with van der Waals surface area (Å²) >= 11 is 0. The van der Waals surface area contributed by atoms with Crippen LogP contribution in [0.15, 0.2) is 30.6 Å². The Morgan fingerprint density at radius 3 is 2.95 bits per heavy atom. The predicted molar refractivity (Wildman–Crippen MR) is 76.9 cm³/mol. The summed E-state index contributed by atoms with van der Waals surface area (Å²) < 4.78 is 2.06. The average Bonchev–Trinajstić information content (AvgIpc) is 3.03. The number of rotatable bonds is 4. The van der Waals surface area contributed by atoms with Crippen LogP contribution >= 0.6 is 0 Å². The van der Waals surface area contributed by atoms with E-state index in [1.807, 2.05) is 19.4 Å². The van der Waals surface area contributed by atoms with Crippen molar-refractivity contribution in [1.82, 2.24) is 9.55 Å². The maximum Gasteiger partial charge on any atom is 0.108 e. The molecule has 0 aliphatic heterocycles. The number of fused-ring (bicyclic) bond motifs is 1. The smallest absolute Gasteiger partial charge is 0.108 e. The van der Waals surface area contributed by atoms with Crippen LogP contribution in [0, 0.1) is 0 Å². The van der Waals surface area contributed by atoms with Gasteiger partial charge in [0.15, 0.2) is 0 Å². The second-order valence-corrected chi connectivity index (χ2v) is 5.48. The van der Waals surface area contributed by atoms with Crippen LogP contribution in [-0.4, -0.2) is 9.55 Å². The molecule has 2 aromatic rings. The summed E-state index contributed by atoms with van der Waals surface area (Å²) in [5.41, 5.74) is 10.6. The minimum absolute atomic E-state index is 0.114. The molecule has 3 heteroatoms. The number of benzene rings is 1. The third-order valence-corrected chi connectivity index (χ3v) is 4.15. The van der Waals surface area contributed by atoms with E-state index in [9.17, 15) is 0 Å². The van der Waals surface area contributed by atoms with E-state index in [0.717, 1.165) is 18.7 Å². The summed E-state index contributed by atoms with van der Waals surface area (Å²) in [5, 5.41) is 0. The molecule has 100 valence electrons. The van der Waals surface area contributed by atoms with Gasteiger partial charge in [-0.25, -0.2) is 4.98 Å². The van der Waals surface area contributed by atoms with E-state index in [1.165, 1.54) is 36.0 Å². The molecule has 1 unspecified atom stereocenters. The van der Waals surface area contributed by atoms with Crippen molar-refractivity contribution in [3.05, 3.63) is 53.1 Å². The first-order chi connectivity index (χ1) is 9.24. The third kappa shape index (κ3) is 2.56. The number of imidazole rings is 1. The van der Waals surface area contributed by atoms with Gasteiger partial charge in [-0.1, -0.05) is 18.2 Å². The molecule has 0 amide bonds. The van der Waals surface area contributed by atoms with Gasteiger partial charge in [0.25, 0.3) is 0 Å². The average molecular weight is 255 g/mol. The Balaban J connectivity index is 1.67. The van der Waals surface area contributed by atoms with Gasteiger partial charge in [0.05, 0.1) is 0 Å². The van der Waals surface area contributed by atoms with Crippen molar-refractivity contribution in [1.29, 1.82) is 0 Å². The van der Waals surface area contributed by atoms with E-state index in [1.54, 1.807) is 0 Å². The molecule has 1 aliphatic carbocycles. The van der Waals surface area contributed by atoms with Crippen molar-refractivity contribution in [2.75, 3.05) is 0 Å². The number of aryl methyl sites for hydroxylation is 4. The van der Waals surface area contributed by atoms with E-state index in [-0.39, 0.29) is 6.04 Å². The lowest BCUT2D eigenvalue weighted by Gasteiger charge is -2.13. The molecule has 3 nitrogen and oxygen atoms in total. The molecule has 0 fully saturated rings. The topological polar surface area (TPSA) is 43.8 Å². The standard InChI is InChI=1S/C16H21N3/c1-19-10-9-18-16(19)8-7-15(17)14-6-5-12-3-2-4-13(12)11-14/h5-6,9-11,15H,2-4,7-8,17H2,1H3. The highest BCUT2D eigenvalue weighted by Gasteiger charge is 2.14. The first-order valence-corrected chi connectivity index (χ1v) is 7.07. The Kier molecular flexibility index (Phi) is 3.38. The zero-order valence-corrected chi connectivity index (χ0v) is 11.5. The van der Waals surface area contributed by atoms with E-state index in [2.05, 4.69) is 27.8 Å². The summed E-state index contributed by atoms with van der Waals surface area (Å²) in [6.07, 6.45) is 9.45. The third-order valence-electron chi connectivity index (χ3n) is 4.15. The molecule has 0 spiro atoms. The van der Waals surface area contributed by atoms with Crippen molar-refractivity contribution < 1.29 is 0 Å². The van der Waals surface area contributed by atoms with Crippen molar-refractivity contribution in [2.24, 2.45) is 12.8 Å². The van der Waals surface area contributed by atoms with Gasteiger partial charge < -0.3 is 10.3 Å². The van der Waals surface area contributed by atoms with Gasteiger partial charge in [-0.2, -0.15) is 0 Å². The van der Waals surface area contributed by atoms with E-state index < -0.39 is 0 Å². The van der Waals surface area contributed by atoms with Crippen LogP contribution in [-0.2, 0) is 26.3 Å². The van der Waals surface area contributed by atoms with Crippen molar-refractivity contribution in [3.63, 3.8) is 0 Å². The molecule has 1 aromatic heterocycles. The van der Waals surface area contributed by atoms with Gasteiger partial charge in [-0.15, -0.1) is 0 Å². The predicted octanol–water partition coefficient (Wildman–Crippen LogP) is 2.54. The molecule has 19 heavy (non-hydrogen) atoms. The quantitative estimate of drug-likeness (QED) is 0.912. The number of nitrogens with zero attached hydrogens (tertiary/aromatic N) is 2. The second-order valence-electron chi connectivity index (χ2n) is 5.48. The molecule has 0 radical (unpaired) electrons. The first-order valence-electron chi connectivity index (χ1n) is 7.07. The summed E-state index contributed by atoms with van der Waals surface area (Å²) in [6, 6.07) is 6.89. The highest BCUT2D eigenvalue weighted by atomic mass is 15.0. The van der Waals surface area contributed by atoms with Gasteiger partial charge in [0.1, 0.15) is 5.82 Å². The number of hydrogen-bond donors (Lipinski definition) is 1. The molecule has 0 saturated heterocycles. The zero-order valence-electron chi connectivity index (χ0n) is 11.5. The fraction of sp³-hybridized carbons (Fsp3) is 0.438. The largest absolute Gasteiger partial charge is 0.338 e. The molecule has 3 rings (SSSR count). The van der Waals surface area contributed by atoms with E-state index in [4.69, 9.17) is 5.73 Å². The molecular formula is C16H21N3. The van der Waals surface area contributed by atoms with Crippen molar-refractivity contribution in [2.45, 2.75) is 38.1 Å². The fourth-order valence-corrected chi connectivity index (χ4v) is 2.91. The lowest BCUT2D eigenvalue weighted by atomic mass is 9.98. The molecule has 1 atom stereocenters. The number of aromatic nitrogens is 2. The molecule has 1 heterocycles. The monoisotopic (exact) mass is 255 g/mol. The van der Waals surface area contributed by atoms with Gasteiger partial charge in [-0.3, -0.25) is 0 Å². The Hall–Kier alpha value is -1.61. The number of nitrogens with two attached hydrogens (primary N) is 1. The lowest BCUT2D eigenvalue weighted by Crippen LogP contribution is -2.13. The van der Waals surface area contributed by atoms with Gasteiger partial charge >= 0.3 is 0 Å². The van der Waals surface area contributed by atoms with E-state index in [0.29, 0.717) is 0 Å². The Morgan fingerprint density at radius 1 is 1.32 bits per heavy atom. The van der Waals surface area contributed by atoms with Crippen molar-refractivity contribution >= 4 is 0 Å². The molecule has 1 aromatic carbocycles. The Labute approximate surface area is 114 Å². The zero-order chi connectivity index (χ0) is 13.2. The van der Waals surface area contributed by atoms with Crippen molar-refractivity contribution in [3.8, 4) is 0 Å². The van der Waals surface area contributed by atoms with Crippen LogP contribution in [0.25, 0.3) is 0 Å². The van der Waals surface area contributed by atoms with Crippen LogP contribution in [0.5, 0.6) is 0 Å². The SMILES string of the molecule is Cn1ccnc1CCC(N)c1ccc2c(c1)CCC2. The maximum atomic E-state index is 6.32. The molecule has 0 saturated carbocycles. The lowest BCUT2D eigenvalue weighted by molar-refractivity contribution is 0.620. The number of hydrogen-bond acceptors (Lipinski definition) is 2. The van der Waals surface area contributed by atoms with Crippen LogP contribution in [0.2, 0.25) is 0 Å². The fourth-order valence-electron chi connectivity index (χ4n) is 2.91. The van der Waals surface area contributed by atoms with Gasteiger partial charge in [-0.05, 0) is 42.4 Å². The summed E-state index contributed by atoms with van der Waals surface area (Å²) in [4.78, 5) is 4.35. The van der Waals surface area contributed by atoms with Gasteiger partial charge in [0.2, 0.25) is 0 Å². The van der Waals surface area contributed by atoms with Crippen LogP contribution < -0.4 is 5.73 Å². The highest BCUT2D eigenvalue weighted by molar-refractivity contribution is 5.36. The molecule has 1 aliphatic rings. The van der Waals surface area contributed by atoms with Crippen LogP contribution in [0.4, 0.5) is 0 Å². The van der Waals surface area contributed by atoms with E-state index >= 15 is 0 Å². The highest BCUT2D eigenvalue weighted by Crippen LogP contribution is 2.26. The Bertz CT molecular complexity index is 571. The Morgan fingerprint density at radius 2 is 2.16 bits per heavy atom. The van der Waals surface area contributed by atoms with Crippen LogP contribution in [0.3, 0.4) is 0 Å². The molecule has 0 bridgehead atoms. The first kappa shape index (κ1) is 12.4. The van der Waals surface area contributed by atoms with Crippen LogP contribution in [0.1, 0.15) is 41.4 Å². The maximum absolute atomic E-state index is 6.32. The minimum Gasteiger partial charge on any atom is -0.338 e. The second kappa shape index (κ2) is 5.17. The normalized spacial score (nSPS) is 15.5. The minimum atomic E-state index is 0.114. The summed E-state index contributed by atoms with van der Waals surface area (Å²) in [5.74, 6) is 1.11. The molecular weight excluding hydrogens is 234 g/mol.